The number of hydrogen-bond acceptors (Lipinski definition) is 7. The van der Waals surface area contributed by atoms with Crippen LogP contribution in [0.15, 0.2) is 78.0 Å². The second-order valence-corrected chi connectivity index (χ2v) is 14.4. The number of fused-ring (bicyclic) bond motifs is 1. The Labute approximate surface area is 245 Å². The Bertz CT molecular complexity index is 1730. The second kappa shape index (κ2) is 10.4. The molecule has 0 radical (unpaired) electrons. The lowest BCUT2D eigenvalue weighted by atomic mass is 9.53. The van der Waals surface area contributed by atoms with E-state index in [9.17, 15) is 18.3 Å². The highest BCUT2D eigenvalue weighted by Gasteiger charge is 2.54. The van der Waals surface area contributed by atoms with Crippen molar-refractivity contribution in [3.8, 4) is 22.6 Å². The lowest BCUT2D eigenvalue weighted by Crippen LogP contribution is -2.58. The van der Waals surface area contributed by atoms with Crippen molar-refractivity contribution in [2.45, 2.75) is 62.2 Å². The summed E-state index contributed by atoms with van der Waals surface area (Å²) in [7, 11) is -3.26. The van der Waals surface area contributed by atoms with Gasteiger partial charge < -0.3 is 19.9 Å². The molecule has 2 fully saturated rings. The third-order valence-electron chi connectivity index (χ3n) is 8.09. The summed E-state index contributed by atoms with van der Waals surface area (Å²) in [5.74, 6) is 1.23. The van der Waals surface area contributed by atoms with Crippen molar-refractivity contribution < 1.29 is 27.8 Å². The number of pyridine rings is 1. The van der Waals surface area contributed by atoms with Gasteiger partial charge in [0.25, 0.3) is 5.91 Å². The monoisotopic (exact) mass is 589 g/mol. The molecular weight excluding hydrogens is 554 g/mol. The summed E-state index contributed by atoms with van der Waals surface area (Å²) in [5.41, 5.74) is 2.28. The zero-order valence-electron chi connectivity index (χ0n) is 23.9. The van der Waals surface area contributed by atoms with Gasteiger partial charge in [-0.3, -0.25) is 4.79 Å². The van der Waals surface area contributed by atoms with E-state index in [0.29, 0.717) is 21.7 Å². The fourth-order valence-electron chi connectivity index (χ4n) is 5.98. The molecule has 2 saturated carbocycles. The van der Waals surface area contributed by atoms with E-state index in [1.807, 2.05) is 30.3 Å². The average molecular weight is 590 g/mol. The maximum Gasteiger partial charge on any atom is 0.255 e. The first-order valence-corrected chi connectivity index (χ1v) is 16.0. The Balaban J connectivity index is 0.981. The van der Waals surface area contributed by atoms with Gasteiger partial charge in [0.15, 0.2) is 9.84 Å². The first kappa shape index (κ1) is 28.2. The van der Waals surface area contributed by atoms with Crippen molar-refractivity contribution in [2.75, 3.05) is 12.9 Å². The van der Waals surface area contributed by atoms with E-state index in [2.05, 4.69) is 10.4 Å². The van der Waals surface area contributed by atoms with E-state index in [-0.39, 0.29) is 30.1 Å². The number of carbonyl (C=O) groups is 1. The summed E-state index contributed by atoms with van der Waals surface area (Å²) in [5, 5.41) is 17.3. The standard InChI is InChI=1S/C32H35N3O6S/c1-31(2,37)20-40-25-11-12-29-28(18-33-35(29)19-25)30(36)34-23-14-32(15-23)16-26(17-32)41-24-9-7-21(8-10-24)22-5-4-6-27(13-22)42(3,38)39/h4-13,18-19,23,26,37H,14-17,20H2,1-3H3,(H,34,36). The van der Waals surface area contributed by atoms with Gasteiger partial charge in [-0.05, 0) is 92.5 Å². The number of rotatable bonds is 9. The van der Waals surface area contributed by atoms with E-state index in [0.717, 1.165) is 42.6 Å². The number of benzene rings is 2. The number of carbonyl (C=O) groups excluding carboxylic acids is 1. The maximum atomic E-state index is 13.0. The Morgan fingerprint density at radius 3 is 2.45 bits per heavy atom. The van der Waals surface area contributed by atoms with Crippen molar-refractivity contribution >= 4 is 21.3 Å². The molecule has 0 bridgehead atoms. The van der Waals surface area contributed by atoms with Crippen LogP contribution in [0.3, 0.4) is 0 Å². The van der Waals surface area contributed by atoms with Crippen LogP contribution in [0, 0.1) is 5.41 Å². The summed E-state index contributed by atoms with van der Waals surface area (Å²) in [4.78, 5) is 13.3. The minimum Gasteiger partial charge on any atom is -0.490 e. The summed E-state index contributed by atoms with van der Waals surface area (Å²) < 4.78 is 37.2. The molecule has 10 heteroatoms. The van der Waals surface area contributed by atoms with Crippen molar-refractivity contribution in [1.29, 1.82) is 0 Å². The molecule has 4 aromatic rings. The van der Waals surface area contributed by atoms with E-state index >= 15 is 0 Å². The second-order valence-electron chi connectivity index (χ2n) is 12.4. The largest absolute Gasteiger partial charge is 0.490 e. The normalized spacial score (nSPS) is 21.9. The third kappa shape index (κ3) is 6.00. The molecule has 0 aliphatic heterocycles. The molecule has 42 heavy (non-hydrogen) atoms. The predicted octanol–water partition coefficient (Wildman–Crippen LogP) is 4.67. The number of sulfone groups is 1. The van der Waals surface area contributed by atoms with Crippen molar-refractivity contribution in [1.82, 2.24) is 14.9 Å². The Kier molecular flexibility index (Phi) is 7.01. The highest BCUT2D eigenvalue weighted by Crippen LogP contribution is 2.56. The topological polar surface area (TPSA) is 119 Å². The van der Waals surface area contributed by atoms with Gasteiger partial charge in [-0.2, -0.15) is 5.10 Å². The number of aromatic nitrogens is 2. The molecule has 2 aliphatic carbocycles. The number of nitrogens with zero attached hydrogens (tertiary/aromatic N) is 2. The van der Waals surface area contributed by atoms with E-state index in [1.165, 1.54) is 6.26 Å². The van der Waals surface area contributed by atoms with Gasteiger partial charge in [0.2, 0.25) is 0 Å². The quantitative estimate of drug-likeness (QED) is 0.291. The van der Waals surface area contributed by atoms with Crippen LogP contribution in [0.25, 0.3) is 16.6 Å². The van der Waals surface area contributed by atoms with E-state index in [1.54, 1.807) is 61.1 Å². The van der Waals surface area contributed by atoms with Crippen LogP contribution in [0.1, 0.15) is 49.9 Å². The fourth-order valence-corrected chi connectivity index (χ4v) is 6.65. The van der Waals surface area contributed by atoms with Gasteiger partial charge in [0, 0.05) is 12.3 Å². The Hall–Kier alpha value is -3.89. The highest BCUT2D eigenvalue weighted by molar-refractivity contribution is 7.90. The summed E-state index contributed by atoms with van der Waals surface area (Å²) in [6.45, 7) is 3.50. The fraction of sp³-hybridized carbons (Fsp3) is 0.375. The van der Waals surface area contributed by atoms with E-state index < -0.39 is 15.4 Å². The third-order valence-corrected chi connectivity index (χ3v) is 9.20. The van der Waals surface area contributed by atoms with Gasteiger partial charge in [-0.25, -0.2) is 12.9 Å². The zero-order chi connectivity index (χ0) is 29.7. The lowest BCUT2D eigenvalue weighted by molar-refractivity contribution is -0.0833. The van der Waals surface area contributed by atoms with E-state index in [4.69, 9.17) is 9.47 Å². The smallest absolute Gasteiger partial charge is 0.255 e. The molecule has 0 unspecified atom stereocenters. The van der Waals surface area contributed by atoms with Gasteiger partial charge in [-0.15, -0.1) is 0 Å². The Morgan fingerprint density at radius 1 is 1.05 bits per heavy atom. The highest BCUT2D eigenvalue weighted by atomic mass is 32.2. The van der Waals surface area contributed by atoms with Crippen molar-refractivity contribution in [3.05, 3.63) is 78.6 Å². The van der Waals surface area contributed by atoms with Crippen LogP contribution < -0.4 is 14.8 Å². The lowest BCUT2D eigenvalue weighted by Gasteiger charge is -2.57. The van der Waals surface area contributed by atoms with Gasteiger partial charge in [0.1, 0.15) is 18.1 Å². The number of ether oxygens (including phenoxy) is 2. The number of hydrogen-bond donors (Lipinski definition) is 2. The molecule has 1 amide bonds. The zero-order valence-corrected chi connectivity index (χ0v) is 24.7. The first-order valence-electron chi connectivity index (χ1n) is 14.1. The van der Waals surface area contributed by atoms with Crippen LogP contribution in [0.2, 0.25) is 0 Å². The molecule has 1 spiro atoms. The van der Waals surface area contributed by atoms with Crippen molar-refractivity contribution in [3.63, 3.8) is 0 Å². The molecule has 2 heterocycles. The first-order chi connectivity index (χ1) is 19.9. The molecule has 220 valence electrons. The molecular formula is C32H35N3O6S. The minimum absolute atomic E-state index is 0.129. The van der Waals surface area contributed by atoms with Crippen molar-refractivity contribution in [2.24, 2.45) is 5.41 Å². The Morgan fingerprint density at radius 2 is 1.76 bits per heavy atom. The predicted molar refractivity (Wildman–Crippen MR) is 159 cm³/mol. The SMILES string of the molecule is CC(C)(O)COc1ccc2c(C(=O)NC3CC4(C3)CC(Oc3ccc(-c5cccc(S(C)(=O)=O)c5)cc3)C4)cnn2c1. The van der Waals surface area contributed by atoms with Gasteiger partial charge in [0.05, 0.1) is 40.1 Å². The minimum atomic E-state index is -3.26. The number of nitrogens with one attached hydrogen (secondary N) is 1. The maximum absolute atomic E-state index is 13.0. The molecule has 0 atom stereocenters. The number of amides is 1. The van der Waals surface area contributed by atoms with Crippen LogP contribution >= 0.6 is 0 Å². The molecule has 0 saturated heterocycles. The van der Waals surface area contributed by atoms with Crippen LogP contribution in [-0.2, 0) is 9.84 Å². The summed E-state index contributed by atoms with van der Waals surface area (Å²) in [6, 6.07) is 18.4. The number of aliphatic hydroxyl groups is 1. The molecule has 9 nitrogen and oxygen atoms in total. The molecule has 2 aromatic carbocycles. The van der Waals surface area contributed by atoms with Crippen LogP contribution in [0.4, 0.5) is 0 Å². The molecule has 6 rings (SSSR count). The van der Waals surface area contributed by atoms with Crippen LogP contribution in [-0.4, -0.2) is 59.7 Å². The van der Waals surface area contributed by atoms with Crippen LogP contribution in [0.5, 0.6) is 11.5 Å². The van der Waals surface area contributed by atoms with Gasteiger partial charge in [-0.1, -0.05) is 24.3 Å². The average Bonchev–Trinajstić information content (AvgIpc) is 3.32. The molecule has 2 aromatic heterocycles. The summed E-state index contributed by atoms with van der Waals surface area (Å²) in [6.07, 6.45) is 8.42. The molecule has 2 N–H and O–H groups in total. The molecule has 2 aliphatic rings. The van der Waals surface area contributed by atoms with Gasteiger partial charge >= 0.3 is 0 Å². The summed E-state index contributed by atoms with van der Waals surface area (Å²) >= 11 is 0.